The highest BCUT2D eigenvalue weighted by molar-refractivity contribution is 14.1. The standard InChI is InChI=1S/C26H22F8N2O2.C24H18F8N2O2.C2H2F3I/c1-2-38-20-11-18(10-19(27)13-20)24(14-16-6-4-3-5-7-16,36-23(37)35-15-25(29,30)31)17-8-9-22(28)21(12-17)26(32,33)34;25-17-8-16(9-18(35)11-17)22(12-14-4-2-1-3-5-14,34-21(36)33-13-23(27,28)29)15-6-7-20(26)19(10-15)24(30,31)32;3-2(4,5)1-6/h3-13H,2,14-15H2,1H3,(H2,35,36,37);1-11,35H,12-13H2,(H2,33,34,36);1H2/t24-;22-;/m11./s1. The van der Waals surface area contributed by atoms with Crippen molar-refractivity contribution in [3.63, 3.8) is 0 Å². The van der Waals surface area contributed by atoms with Gasteiger partial charge in [0.1, 0.15) is 47.9 Å². The Morgan fingerprint density at radius 2 is 0.863 bits per heavy atom. The molecule has 5 N–H and O–H groups in total. The zero-order valence-electron chi connectivity index (χ0n) is 40.7. The summed E-state index contributed by atoms with van der Waals surface area (Å²) in [4.78, 5) is 25.3. The SMILES string of the molecule is CCOc1cc(F)cc([C@](Cc2ccccc2)(NC(=O)NCC(F)(F)F)c2ccc(F)c(C(F)(F)F)c2)c1.FC(F)(F)CI.O=C(NCC(F)(F)F)N[C@@](Cc1ccccc1)(c1cc(O)cc(F)c1)c1ccc(F)c(C(F)(F)F)c1. The zero-order chi connectivity index (χ0) is 60.1. The number of phenolic OH excluding ortho intramolecular Hbond substituents is 1. The molecule has 0 heterocycles. The Morgan fingerprint density at radius 1 is 0.487 bits per heavy atom. The summed E-state index contributed by atoms with van der Waals surface area (Å²) in [6.07, 6.45) is -24.6. The fraction of sp³-hybridized carbons (Fsp3) is 0.269. The number of phenols is 1. The van der Waals surface area contributed by atoms with Crippen LogP contribution >= 0.6 is 22.6 Å². The van der Waals surface area contributed by atoms with E-state index in [1.54, 1.807) is 66.1 Å². The number of carbonyl (C=O) groups excluding carboxylic acids is 2. The maximum absolute atomic E-state index is 14.7. The molecule has 0 saturated heterocycles. The number of urea groups is 2. The molecule has 0 fully saturated rings. The monoisotopic (exact) mass is 1270 g/mol. The molecule has 28 heteroatoms. The molecule has 4 amide bonds. The quantitative estimate of drug-likeness (QED) is 0.0425. The minimum atomic E-state index is -5.17. The van der Waals surface area contributed by atoms with Crippen molar-refractivity contribution in [2.45, 2.75) is 61.7 Å². The molecular formula is C52H42F19IN4O4. The van der Waals surface area contributed by atoms with E-state index < -0.39 is 124 Å². The van der Waals surface area contributed by atoms with Crippen LogP contribution in [-0.2, 0) is 36.3 Å². The van der Waals surface area contributed by atoms with E-state index in [1.807, 2.05) is 0 Å². The van der Waals surface area contributed by atoms with Gasteiger partial charge in [-0.1, -0.05) is 95.4 Å². The second kappa shape index (κ2) is 26.9. The second-order valence-electron chi connectivity index (χ2n) is 16.9. The fourth-order valence-electron chi connectivity index (χ4n) is 7.66. The van der Waals surface area contributed by atoms with Gasteiger partial charge in [0.15, 0.2) is 0 Å². The summed E-state index contributed by atoms with van der Waals surface area (Å²) in [7, 11) is 0. The third kappa shape index (κ3) is 19.6. The molecule has 80 heavy (non-hydrogen) atoms. The largest absolute Gasteiger partial charge is 0.508 e. The average Bonchev–Trinajstić information content (AvgIpc) is 3.34. The number of hydrogen-bond donors (Lipinski definition) is 5. The van der Waals surface area contributed by atoms with E-state index in [1.165, 1.54) is 40.8 Å². The van der Waals surface area contributed by atoms with Crippen molar-refractivity contribution in [2.75, 3.05) is 24.1 Å². The molecule has 0 aliphatic rings. The lowest BCUT2D eigenvalue weighted by Gasteiger charge is -2.37. The summed E-state index contributed by atoms with van der Waals surface area (Å²) in [5, 5.41) is 17.7. The van der Waals surface area contributed by atoms with Gasteiger partial charge < -0.3 is 31.1 Å². The molecule has 6 aromatic rings. The first-order valence-corrected chi connectivity index (χ1v) is 24.2. The molecule has 0 saturated carbocycles. The molecule has 0 radical (unpaired) electrons. The fourth-order valence-corrected chi connectivity index (χ4v) is 7.66. The average molecular weight is 1270 g/mol. The minimum absolute atomic E-state index is 0.0457. The summed E-state index contributed by atoms with van der Waals surface area (Å²) in [6.45, 7) is -1.83. The number of aromatic hydroxyl groups is 1. The molecule has 0 unspecified atom stereocenters. The normalized spacial score (nSPS) is 13.5. The summed E-state index contributed by atoms with van der Waals surface area (Å²) in [5.41, 5.74) is -8.10. The van der Waals surface area contributed by atoms with Crippen LogP contribution < -0.4 is 26.0 Å². The molecule has 6 aromatic carbocycles. The first-order valence-electron chi connectivity index (χ1n) is 22.6. The first-order chi connectivity index (χ1) is 37.0. The van der Waals surface area contributed by atoms with E-state index in [-0.39, 0.29) is 35.5 Å². The van der Waals surface area contributed by atoms with Gasteiger partial charge in [-0.25, -0.2) is 27.2 Å². The lowest BCUT2D eigenvalue weighted by molar-refractivity contribution is -0.140. The molecule has 0 bridgehead atoms. The van der Waals surface area contributed by atoms with Gasteiger partial charge in [0.25, 0.3) is 0 Å². The minimum Gasteiger partial charge on any atom is -0.508 e. The summed E-state index contributed by atoms with van der Waals surface area (Å²) < 4.78 is 252. The molecule has 0 aliphatic heterocycles. The van der Waals surface area contributed by atoms with Gasteiger partial charge in [0.2, 0.25) is 0 Å². The van der Waals surface area contributed by atoms with Gasteiger partial charge in [0, 0.05) is 25.0 Å². The molecule has 6 rings (SSSR count). The lowest BCUT2D eigenvalue weighted by atomic mass is 9.77. The van der Waals surface area contributed by atoms with Gasteiger partial charge in [-0.3, -0.25) is 0 Å². The highest BCUT2D eigenvalue weighted by Gasteiger charge is 2.44. The number of amides is 4. The van der Waals surface area contributed by atoms with E-state index in [2.05, 4.69) is 10.6 Å². The first kappa shape index (κ1) is 65.4. The second-order valence-corrected chi connectivity index (χ2v) is 17.7. The number of halogens is 20. The lowest BCUT2D eigenvalue weighted by Crippen LogP contribution is -2.53. The van der Waals surface area contributed by atoms with Crippen LogP contribution in [0.1, 0.15) is 51.4 Å². The molecule has 2 atom stereocenters. The third-order valence-electron chi connectivity index (χ3n) is 10.9. The Kier molecular flexibility index (Phi) is 22.0. The van der Waals surface area contributed by atoms with Crippen molar-refractivity contribution >= 4 is 34.7 Å². The Labute approximate surface area is 455 Å². The predicted octanol–water partition coefficient (Wildman–Crippen LogP) is 14.8. The Balaban J connectivity index is 0.000000313. The summed E-state index contributed by atoms with van der Waals surface area (Å²) in [6, 6.07) is 22.0. The molecule has 0 aliphatic carbocycles. The van der Waals surface area contributed by atoms with Gasteiger partial charge in [0.05, 0.1) is 33.2 Å². The molecule has 0 spiro atoms. The van der Waals surface area contributed by atoms with E-state index in [4.69, 9.17) is 4.74 Å². The highest BCUT2D eigenvalue weighted by Crippen LogP contribution is 2.42. The topological polar surface area (TPSA) is 112 Å². The number of alkyl halides is 16. The van der Waals surface area contributed by atoms with Crippen molar-refractivity contribution in [1.29, 1.82) is 0 Å². The summed E-state index contributed by atoms with van der Waals surface area (Å²) >= 11 is 1.27. The number of hydrogen-bond acceptors (Lipinski definition) is 4. The van der Waals surface area contributed by atoms with Crippen molar-refractivity contribution in [3.05, 3.63) is 201 Å². The van der Waals surface area contributed by atoms with Crippen LogP contribution in [0, 0.1) is 23.3 Å². The van der Waals surface area contributed by atoms with Crippen LogP contribution in [-0.4, -0.2) is 59.8 Å². The number of ether oxygens (including phenoxy) is 1. The van der Waals surface area contributed by atoms with Gasteiger partial charge >= 0.3 is 42.9 Å². The van der Waals surface area contributed by atoms with E-state index >= 15 is 0 Å². The van der Waals surface area contributed by atoms with Crippen molar-refractivity contribution in [2.24, 2.45) is 0 Å². The maximum atomic E-state index is 14.7. The number of nitrogens with one attached hydrogen (secondary N) is 4. The van der Waals surface area contributed by atoms with Crippen molar-refractivity contribution in [1.82, 2.24) is 21.3 Å². The van der Waals surface area contributed by atoms with Crippen molar-refractivity contribution < 1.29 is 103 Å². The van der Waals surface area contributed by atoms with Crippen LogP contribution in [0.25, 0.3) is 0 Å². The predicted molar refractivity (Wildman–Crippen MR) is 260 cm³/mol. The molecule has 0 aromatic heterocycles. The van der Waals surface area contributed by atoms with Crippen LogP contribution in [0.15, 0.2) is 133 Å². The van der Waals surface area contributed by atoms with Gasteiger partial charge in [-0.2, -0.15) is 65.9 Å². The summed E-state index contributed by atoms with van der Waals surface area (Å²) in [5.74, 6) is -5.89. The molecular weight excluding hydrogens is 1230 g/mol. The third-order valence-corrected chi connectivity index (χ3v) is 11.8. The van der Waals surface area contributed by atoms with Crippen LogP contribution in [0.4, 0.5) is 93.0 Å². The number of benzene rings is 6. The van der Waals surface area contributed by atoms with Gasteiger partial charge in [-0.15, -0.1) is 0 Å². The molecule has 434 valence electrons. The van der Waals surface area contributed by atoms with Crippen molar-refractivity contribution in [3.8, 4) is 11.5 Å². The Hall–Kier alpha value is -7.14. The van der Waals surface area contributed by atoms with E-state index in [0.29, 0.717) is 41.5 Å². The highest BCUT2D eigenvalue weighted by atomic mass is 127. The van der Waals surface area contributed by atoms with Crippen LogP contribution in [0.3, 0.4) is 0 Å². The van der Waals surface area contributed by atoms with E-state index in [9.17, 15) is 98.1 Å². The van der Waals surface area contributed by atoms with E-state index in [0.717, 1.165) is 36.4 Å². The Morgan fingerprint density at radius 3 is 1.20 bits per heavy atom. The van der Waals surface area contributed by atoms with Crippen LogP contribution in [0.5, 0.6) is 11.5 Å². The number of rotatable bonds is 14. The molecule has 8 nitrogen and oxygen atoms in total. The van der Waals surface area contributed by atoms with Gasteiger partial charge in [-0.05, 0) is 88.8 Å². The smallest absolute Gasteiger partial charge is 0.419 e. The zero-order valence-corrected chi connectivity index (χ0v) is 42.8. The number of carbonyl (C=O) groups is 2. The Bertz CT molecular complexity index is 2990. The van der Waals surface area contributed by atoms with Crippen LogP contribution in [0.2, 0.25) is 0 Å². The maximum Gasteiger partial charge on any atom is 0.419 e.